The predicted octanol–water partition coefficient (Wildman–Crippen LogP) is 4.89. The molecule has 0 aliphatic heterocycles. The molecular weight excluding hydrogens is 458 g/mol. The normalized spacial score (nSPS) is 15.8. The van der Waals surface area contributed by atoms with Crippen LogP contribution in [0.15, 0.2) is 36.4 Å². The third-order valence-corrected chi connectivity index (χ3v) is 7.18. The molecule has 7 heteroatoms. The van der Waals surface area contributed by atoms with Gasteiger partial charge in [-0.25, -0.2) is 0 Å². The first-order valence-corrected chi connectivity index (χ1v) is 16.7. The molecule has 1 aromatic carbocycles. The molecule has 0 fully saturated rings. The van der Waals surface area contributed by atoms with Gasteiger partial charge in [0, 0.05) is 0 Å². The van der Waals surface area contributed by atoms with Gasteiger partial charge in [0.05, 0.1) is 0 Å². The molecule has 20 heavy (non-hydrogen) atoms. The van der Waals surface area contributed by atoms with Gasteiger partial charge in [-0.15, -0.1) is 0 Å². The zero-order valence-electron chi connectivity index (χ0n) is 10.6. The summed E-state index contributed by atoms with van der Waals surface area (Å²) in [6, 6.07) is 9.41. The van der Waals surface area contributed by atoms with Gasteiger partial charge in [0.2, 0.25) is 0 Å². The van der Waals surface area contributed by atoms with Crippen molar-refractivity contribution >= 4 is 65.4 Å². The Labute approximate surface area is 139 Å². The van der Waals surface area contributed by atoms with Crippen molar-refractivity contribution in [1.82, 2.24) is 0 Å². The number of hydrogen-bond donors (Lipinski definition) is 0. The molecule has 0 aromatic heterocycles. The number of benzene rings is 1. The summed E-state index contributed by atoms with van der Waals surface area (Å²) < 4.78 is 5.47. The van der Waals surface area contributed by atoms with E-state index >= 15 is 0 Å². The second kappa shape index (κ2) is 8.73. The molecule has 0 heterocycles. The summed E-state index contributed by atoms with van der Waals surface area (Å²) >= 11 is 2.55. The number of carbonyl (C=O) groups excluding carboxylic acids is 1. The Morgan fingerprint density at radius 2 is 1.90 bits per heavy atom. The second-order valence-corrected chi connectivity index (χ2v) is 22.4. The minimum atomic E-state index is -3.42. The molecule has 0 radical (unpaired) electrons. The van der Waals surface area contributed by atoms with Crippen LogP contribution >= 0.6 is 38.5 Å². The van der Waals surface area contributed by atoms with Crippen LogP contribution in [0.2, 0.25) is 4.47 Å². The van der Waals surface area contributed by atoms with Crippen LogP contribution in [0.4, 0.5) is 0 Å². The fraction of sp³-hybridized carbons (Fsp3) is 0.308. The van der Waals surface area contributed by atoms with E-state index in [9.17, 15) is 4.79 Å². The van der Waals surface area contributed by atoms with E-state index in [1.165, 1.54) is 6.08 Å². The summed E-state index contributed by atoms with van der Waals surface area (Å²) in [7, 11) is 17.6. The molecule has 0 aliphatic rings. The van der Waals surface area contributed by atoms with Gasteiger partial charge in [-0.3, -0.25) is 0 Å². The number of halogens is 4. The average molecular weight is 472 g/mol. The van der Waals surface area contributed by atoms with Crippen molar-refractivity contribution in [3.05, 3.63) is 42.0 Å². The van der Waals surface area contributed by atoms with Gasteiger partial charge in [0.25, 0.3) is 0 Å². The van der Waals surface area contributed by atoms with Gasteiger partial charge in [-0.05, 0) is 0 Å². The van der Waals surface area contributed by atoms with E-state index in [1.807, 2.05) is 30.3 Å². The van der Waals surface area contributed by atoms with E-state index in [1.54, 1.807) is 13.0 Å². The van der Waals surface area contributed by atoms with Crippen molar-refractivity contribution < 1.29 is 9.53 Å². The first-order chi connectivity index (χ1) is 9.28. The Morgan fingerprint density at radius 1 is 1.30 bits per heavy atom. The molecule has 0 spiro atoms. The van der Waals surface area contributed by atoms with Crippen molar-refractivity contribution in [1.29, 1.82) is 0 Å². The Kier molecular flexibility index (Phi) is 8.05. The van der Waals surface area contributed by atoms with Crippen molar-refractivity contribution in [2.75, 3.05) is 0 Å². The topological polar surface area (TPSA) is 26.3 Å². The van der Waals surface area contributed by atoms with Gasteiger partial charge >= 0.3 is 140 Å². The molecule has 0 saturated heterocycles. The standard InChI is InChI=1S/C13H14Cl4O2Te/c1-10(14)12(9-20(15,16)17)19-13(18)8-7-11-5-3-2-4-6-11/h2-8,10,12H,9H2,1H3/b8-7+/t10-,12+/m1/s1. The molecule has 0 bridgehead atoms. The number of hydrogen-bond acceptors (Lipinski definition) is 2. The summed E-state index contributed by atoms with van der Waals surface area (Å²) in [5.74, 6) is -0.497. The molecule has 0 aliphatic carbocycles. The van der Waals surface area contributed by atoms with E-state index in [0.29, 0.717) is 0 Å². The Morgan fingerprint density at radius 3 is 2.40 bits per heavy atom. The Hall–Kier alpha value is 0.380. The van der Waals surface area contributed by atoms with Gasteiger partial charge in [0.15, 0.2) is 0 Å². The van der Waals surface area contributed by atoms with Crippen LogP contribution in [0.1, 0.15) is 12.5 Å². The molecule has 0 saturated carbocycles. The van der Waals surface area contributed by atoms with Gasteiger partial charge in [-0.2, -0.15) is 0 Å². The Bertz CT molecular complexity index is 457. The summed E-state index contributed by atoms with van der Waals surface area (Å²) in [4.78, 5) is 11.7. The average Bonchev–Trinajstić information content (AvgIpc) is 2.35. The third kappa shape index (κ3) is 7.98. The second-order valence-electron chi connectivity index (χ2n) is 4.07. The van der Waals surface area contributed by atoms with Crippen LogP contribution in [-0.4, -0.2) is 32.3 Å². The number of alkyl halides is 1. The minimum absolute atomic E-state index is 0.225. The fourth-order valence-corrected chi connectivity index (χ4v) is 6.42. The molecule has 1 rings (SSSR count). The van der Waals surface area contributed by atoms with Gasteiger partial charge in [0.1, 0.15) is 0 Å². The molecular formula is C13H14Cl4O2Te. The Balaban J connectivity index is 2.61. The van der Waals surface area contributed by atoms with Gasteiger partial charge in [-0.1, -0.05) is 0 Å². The zero-order valence-corrected chi connectivity index (χ0v) is 16.0. The number of esters is 1. The molecule has 0 unspecified atom stereocenters. The van der Waals surface area contributed by atoms with E-state index in [-0.39, 0.29) is 4.47 Å². The quantitative estimate of drug-likeness (QED) is 0.255. The van der Waals surface area contributed by atoms with Crippen molar-refractivity contribution in [3.8, 4) is 0 Å². The fourth-order valence-electron chi connectivity index (χ4n) is 1.36. The van der Waals surface area contributed by atoms with Crippen LogP contribution in [-0.2, 0) is 9.53 Å². The molecule has 0 N–H and O–H groups in total. The number of carbonyl (C=O) groups is 1. The van der Waals surface area contributed by atoms with Crippen LogP contribution in [0.25, 0.3) is 6.08 Å². The van der Waals surface area contributed by atoms with E-state index in [2.05, 4.69) is 0 Å². The van der Waals surface area contributed by atoms with Crippen LogP contribution in [0.5, 0.6) is 0 Å². The monoisotopic (exact) mass is 472 g/mol. The number of rotatable bonds is 6. The third-order valence-electron chi connectivity index (χ3n) is 2.34. The maximum atomic E-state index is 11.7. The maximum absolute atomic E-state index is 11.7. The van der Waals surface area contributed by atoms with Crippen LogP contribution in [0.3, 0.4) is 0 Å². The van der Waals surface area contributed by atoms with Crippen molar-refractivity contribution in [3.63, 3.8) is 0 Å². The van der Waals surface area contributed by atoms with Crippen LogP contribution < -0.4 is 0 Å². The SMILES string of the molecule is C[C@@H](Cl)[C@H](C[Te](Cl)(Cl)Cl)OC(=O)/C=C/c1ccccc1. The van der Waals surface area contributed by atoms with Crippen LogP contribution in [0, 0.1) is 0 Å². The molecule has 2 nitrogen and oxygen atoms in total. The zero-order chi connectivity index (χ0) is 15.2. The molecule has 1 aromatic rings. The van der Waals surface area contributed by atoms with Crippen molar-refractivity contribution in [2.24, 2.45) is 0 Å². The summed E-state index contributed by atoms with van der Waals surface area (Å²) in [5, 5.41) is -0.411. The molecule has 0 amide bonds. The number of ether oxygens (including phenoxy) is 1. The summed E-state index contributed by atoms with van der Waals surface area (Å²) in [6.07, 6.45) is 2.42. The van der Waals surface area contributed by atoms with E-state index in [0.717, 1.165) is 5.56 Å². The summed E-state index contributed by atoms with van der Waals surface area (Å²) in [5.41, 5.74) is 0.902. The van der Waals surface area contributed by atoms with Crippen molar-refractivity contribution in [2.45, 2.75) is 22.9 Å². The van der Waals surface area contributed by atoms with E-state index in [4.69, 9.17) is 43.2 Å². The van der Waals surface area contributed by atoms with Gasteiger partial charge < -0.3 is 0 Å². The first kappa shape index (κ1) is 18.4. The molecule has 2 atom stereocenters. The van der Waals surface area contributed by atoms with E-state index < -0.39 is 32.3 Å². The summed E-state index contributed by atoms with van der Waals surface area (Å²) in [6.45, 7) is 1.71. The first-order valence-electron chi connectivity index (χ1n) is 5.75. The molecule has 112 valence electrons. The predicted molar refractivity (Wildman–Crippen MR) is 88.8 cm³/mol.